The van der Waals surface area contributed by atoms with Gasteiger partial charge in [-0.1, -0.05) is 32.2 Å². The first-order chi connectivity index (χ1) is 4.85. The zero-order valence-corrected chi connectivity index (χ0v) is 7.53. The number of hydrogen-bond acceptors (Lipinski definition) is 2. The maximum absolute atomic E-state index is 4.32. The molecular formula is C8H15NS. The highest BCUT2D eigenvalue weighted by atomic mass is 32.2. The maximum atomic E-state index is 4.32. The van der Waals surface area contributed by atoms with E-state index >= 15 is 0 Å². The van der Waals surface area contributed by atoms with E-state index in [1.807, 2.05) is 5.55 Å². The third-order valence-corrected chi connectivity index (χ3v) is 1.81. The fraction of sp³-hybridized carbons (Fsp3) is 0.625. The summed E-state index contributed by atoms with van der Waals surface area (Å²) in [5.41, 5.74) is 1.87. The Kier molecular flexibility index (Phi) is 6.71. The van der Waals surface area contributed by atoms with E-state index in [2.05, 4.69) is 25.4 Å². The van der Waals surface area contributed by atoms with E-state index in [0.717, 1.165) is 12.8 Å². The lowest BCUT2D eigenvalue weighted by atomic mass is 10.2. The number of nitrogens with zero attached hydrogens (tertiary/aromatic N) is 1. The molecule has 0 aliphatic carbocycles. The van der Waals surface area contributed by atoms with Crippen LogP contribution in [0.3, 0.4) is 0 Å². The minimum absolute atomic E-state index is 0.507. The fourth-order valence-corrected chi connectivity index (χ4v) is 0.992. The lowest BCUT2D eigenvalue weighted by molar-refractivity contribution is 0.635. The summed E-state index contributed by atoms with van der Waals surface area (Å²) < 4.78 is 0. The monoisotopic (exact) mass is 157 g/mol. The summed E-state index contributed by atoms with van der Waals surface area (Å²) in [7, 11) is 0. The van der Waals surface area contributed by atoms with Gasteiger partial charge in [0.25, 0.3) is 0 Å². The number of hydrogen-bond donors (Lipinski definition) is 0. The third-order valence-electron chi connectivity index (χ3n) is 1.37. The van der Waals surface area contributed by atoms with Crippen molar-refractivity contribution in [3.05, 3.63) is 12.0 Å². The first-order valence-electron chi connectivity index (χ1n) is 3.63. The highest BCUT2D eigenvalue weighted by Crippen LogP contribution is 2.03. The van der Waals surface area contributed by atoms with Gasteiger partial charge in [0, 0.05) is 0 Å². The van der Waals surface area contributed by atoms with Crippen molar-refractivity contribution in [3.63, 3.8) is 0 Å². The van der Waals surface area contributed by atoms with E-state index in [4.69, 9.17) is 0 Å². The van der Waals surface area contributed by atoms with E-state index in [1.54, 1.807) is 5.41 Å². The lowest BCUT2D eigenvalue weighted by Gasteiger charge is -2.03. The van der Waals surface area contributed by atoms with E-state index in [1.165, 1.54) is 11.8 Å². The van der Waals surface area contributed by atoms with Crippen LogP contribution in [0.5, 0.6) is 0 Å². The van der Waals surface area contributed by atoms with Gasteiger partial charge in [-0.25, -0.2) is 0 Å². The van der Waals surface area contributed by atoms with E-state index < -0.39 is 0 Å². The van der Waals surface area contributed by atoms with E-state index in [-0.39, 0.29) is 0 Å². The van der Waals surface area contributed by atoms with Crippen LogP contribution in [0, 0.1) is 0 Å². The molecule has 0 atom stereocenters. The van der Waals surface area contributed by atoms with Crippen molar-refractivity contribution >= 4 is 17.3 Å². The first-order valence-corrected chi connectivity index (χ1v) is 4.57. The Morgan fingerprint density at radius 1 is 1.50 bits per heavy atom. The number of thioether (sulfide) groups is 1. The zero-order chi connectivity index (χ0) is 7.82. The molecule has 0 saturated carbocycles. The summed E-state index contributed by atoms with van der Waals surface area (Å²) in [5.74, 6) is 0. The van der Waals surface area contributed by atoms with Crippen LogP contribution in [0.15, 0.2) is 17.0 Å². The standard InChI is InChI=1S/C8H15NS/c1-4-8(5-2)9-7-10-6-3/h6-8H,3-5H2,1-2H3. The molecule has 0 spiro atoms. The van der Waals surface area contributed by atoms with Gasteiger partial charge in [-0.15, -0.1) is 0 Å². The second-order valence-corrected chi connectivity index (χ2v) is 2.84. The Morgan fingerprint density at radius 3 is 2.50 bits per heavy atom. The summed E-state index contributed by atoms with van der Waals surface area (Å²) in [6.45, 7) is 7.89. The van der Waals surface area contributed by atoms with Crippen LogP contribution in [-0.4, -0.2) is 11.6 Å². The largest absolute Gasteiger partial charge is 0.283 e. The third kappa shape index (κ3) is 4.62. The quantitative estimate of drug-likeness (QED) is 0.441. The second kappa shape index (κ2) is 6.87. The Bertz CT molecular complexity index is 106. The summed E-state index contributed by atoms with van der Waals surface area (Å²) in [4.78, 5) is 4.32. The minimum atomic E-state index is 0.507. The maximum Gasteiger partial charge on any atom is 0.0586 e. The highest BCUT2D eigenvalue weighted by Gasteiger charge is 1.95. The number of aliphatic imine (C=N–C) groups is 1. The van der Waals surface area contributed by atoms with Gasteiger partial charge in [-0.3, -0.25) is 4.99 Å². The van der Waals surface area contributed by atoms with Gasteiger partial charge in [-0.05, 0) is 18.2 Å². The molecule has 10 heavy (non-hydrogen) atoms. The van der Waals surface area contributed by atoms with Crippen LogP contribution in [-0.2, 0) is 0 Å². The van der Waals surface area contributed by atoms with Gasteiger partial charge in [-0.2, -0.15) is 0 Å². The van der Waals surface area contributed by atoms with Crippen molar-refractivity contribution in [2.24, 2.45) is 4.99 Å². The Balaban J connectivity index is 3.49. The lowest BCUT2D eigenvalue weighted by Crippen LogP contribution is -1.98. The second-order valence-electron chi connectivity index (χ2n) is 2.03. The SMILES string of the molecule is C=CSC=NC(CC)CC. The highest BCUT2D eigenvalue weighted by molar-refractivity contribution is 8.14. The van der Waals surface area contributed by atoms with Gasteiger partial charge in [0.1, 0.15) is 0 Å². The molecule has 0 aliphatic heterocycles. The molecule has 0 saturated heterocycles. The Hall–Kier alpha value is -0.240. The van der Waals surface area contributed by atoms with Crippen molar-refractivity contribution in [1.29, 1.82) is 0 Å². The molecule has 0 aromatic rings. The molecule has 0 heterocycles. The van der Waals surface area contributed by atoms with Gasteiger partial charge in [0.15, 0.2) is 0 Å². The molecule has 0 bridgehead atoms. The molecule has 2 heteroatoms. The average Bonchev–Trinajstić information content (AvgIpc) is 1.99. The zero-order valence-electron chi connectivity index (χ0n) is 6.71. The molecule has 0 aromatic carbocycles. The van der Waals surface area contributed by atoms with Gasteiger partial charge in [0.05, 0.1) is 11.6 Å². The van der Waals surface area contributed by atoms with Crippen LogP contribution in [0.1, 0.15) is 26.7 Å². The summed E-state index contributed by atoms with van der Waals surface area (Å²) in [5, 5.41) is 1.78. The molecule has 0 N–H and O–H groups in total. The van der Waals surface area contributed by atoms with Crippen LogP contribution in [0.2, 0.25) is 0 Å². The predicted octanol–water partition coefficient (Wildman–Crippen LogP) is 3.08. The summed E-state index contributed by atoms with van der Waals surface area (Å²) >= 11 is 1.54. The smallest absolute Gasteiger partial charge is 0.0586 e. The molecule has 0 rings (SSSR count). The molecule has 0 radical (unpaired) electrons. The van der Waals surface area contributed by atoms with Crippen LogP contribution in [0.25, 0.3) is 0 Å². The molecule has 58 valence electrons. The van der Waals surface area contributed by atoms with Crippen LogP contribution < -0.4 is 0 Å². The van der Waals surface area contributed by atoms with Crippen molar-refractivity contribution in [2.45, 2.75) is 32.7 Å². The van der Waals surface area contributed by atoms with Crippen LogP contribution in [0.4, 0.5) is 0 Å². The topological polar surface area (TPSA) is 12.4 Å². The molecule has 0 unspecified atom stereocenters. The predicted molar refractivity (Wildman–Crippen MR) is 50.7 cm³/mol. The van der Waals surface area contributed by atoms with Crippen LogP contribution >= 0.6 is 11.8 Å². The summed E-state index contributed by atoms with van der Waals surface area (Å²) in [6.07, 6.45) is 2.26. The molecule has 0 aromatic heterocycles. The van der Waals surface area contributed by atoms with Crippen molar-refractivity contribution in [2.75, 3.05) is 0 Å². The molecule has 0 aliphatic rings. The average molecular weight is 157 g/mol. The van der Waals surface area contributed by atoms with Crippen molar-refractivity contribution in [3.8, 4) is 0 Å². The Labute approximate surface area is 67.6 Å². The molecule has 0 amide bonds. The van der Waals surface area contributed by atoms with E-state index in [0.29, 0.717) is 6.04 Å². The first kappa shape index (κ1) is 9.76. The molecule has 1 nitrogen and oxygen atoms in total. The van der Waals surface area contributed by atoms with Gasteiger partial charge in [0.2, 0.25) is 0 Å². The normalized spacial score (nSPS) is 11.1. The molecule has 0 fully saturated rings. The fourth-order valence-electron chi connectivity index (χ4n) is 0.664. The van der Waals surface area contributed by atoms with Gasteiger partial charge < -0.3 is 0 Å². The number of rotatable bonds is 5. The van der Waals surface area contributed by atoms with Crippen molar-refractivity contribution in [1.82, 2.24) is 0 Å². The molecular weight excluding hydrogens is 142 g/mol. The Morgan fingerprint density at radius 2 is 2.10 bits per heavy atom. The minimum Gasteiger partial charge on any atom is -0.283 e. The van der Waals surface area contributed by atoms with Crippen molar-refractivity contribution < 1.29 is 0 Å². The van der Waals surface area contributed by atoms with Gasteiger partial charge >= 0.3 is 0 Å². The van der Waals surface area contributed by atoms with E-state index in [9.17, 15) is 0 Å². The summed E-state index contributed by atoms with van der Waals surface area (Å²) in [6, 6.07) is 0.507.